The van der Waals surface area contributed by atoms with E-state index in [9.17, 15) is 8.42 Å². The van der Waals surface area contributed by atoms with E-state index in [2.05, 4.69) is 4.72 Å². The summed E-state index contributed by atoms with van der Waals surface area (Å²) in [5.74, 6) is 0.726. The van der Waals surface area contributed by atoms with Crippen LogP contribution >= 0.6 is 0 Å². The van der Waals surface area contributed by atoms with E-state index in [-0.39, 0.29) is 17.5 Å². The van der Waals surface area contributed by atoms with Gasteiger partial charge in [-0.2, -0.15) is 0 Å². The van der Waals surface area contributed by atoms with E-state index in [1.807, 2.05) is 0 Å². The summed E-state index contributed by atoms with van der Waals surface area (Å²) < 4.78 is 32.2. The van der Waals surface area contributed by atoms with Gasteiger partial charge in [-0.1, -0.05) is 12.1 Å². The molecule has 1 heterocycles. The van der Waals surface area contributed by atoms with Gasteiger partial charge < -0.3 is 9.52 Å². The minimum atomic E-state index is -3.60. The van der Waals surface area contributed by atoms with E-state index in [1.54, 1.807) is 37.5 Å². The van der Waals surface area contributed by atoms with Gasteiger partial charge in [-0.3, -0.25) is 0 Å². The molecule has 2 aromatic rings. The molecule has 0 bridgehead atoms. The molecule has 1 atom stereocenters. The SMILES string of the molecule is CC(Cc1ccco1)NS(=O)(=O)c1cccc(CO)c1. The highest BCUT2D eigenvalue weighted by Gasteiger charge is 2.18. The fraction of sp³-hybridized carbons (Fsp3) is 0.286. The smallest absolute Gasteiger partial charge is 0.240 e. The maximum Gasteiger partial charge on any atom is 0.240 e. The molecular formula is C14H17NO4S. The number of benzene rings is 1. The van der Waals surface area contributed by atoms with Gasteiger partial charge in [0.1, 0.15) is 5.76 Å². The van der Waals surface area contributed by atoms with Gasteiger partial charge in [-0.25, -0.2) is 13.1 Å². The van der Waals surface area contributed by atoms with Gasteiger partial charge in [-0.15, -0.1) is 0 Å². The number of hydrogen-bond donors (Lipinski definition) is 2. The first-order valence-electron chi connectivity index (χ1n) is 6.26. The Hall–Kier alpha value is -1.63. The summed E-state index contributed by atoms with van der Waals surface area (Å²) in [6.07, 6.45) is 2.03. The van der Waals surface area contributed by atoms with Crippen LogP contribution in [-0.2, 0) is 23.1 Å². The molecule has 1 aromatic carbocycles. The van der Waals surface area contributed by atoms with Crippen molar-refractivity contribution in [3.8, 4) is 0 Å². The Kier molecular flexibility index (Phi) is 4.59. The lowest BCUT2D eigenvalue weighted by atomic mass is 10.2. The summed E-state index contributed by atoms with van der Waals surface area (Å²) >= 11 is 0. The first kappa shape index (κ1) is 14.8. The molecule has 5 nitrogen and oxygen atoms in total. The lowest BCUT2D eigenvalue weighted by molar-refractivity contribution is 0.281. The summed E-state index contributed by atoms with van der Waals surface area (Å²) in [5.41, 5.74) is 0.562. The van der Waals surface area contributed by atoms with Crippen LogP contribution in [0.5, 0.6) is 0 Å². The number of aliphatic hydroxyl groups excluding tert-OH is 1. The van der Waals surface area contributed by atoms with Crippen LogP contribution in [0, 0.1) is 0 Å². The number of hydrogen-bond acceptors (Lipinski definition) is 4. The van der Waals surface area contributed by atoms with Crippen LogP contribution < -0.4 is 4.72 Å². The molecule has 0 amide bonds. The van der Waals surface area contributed by atoms with Crippen molar-refractivity contribution in [1.82, 2.24) is 4.72 Å². The van der Waals surface area contributed by atoms with Crippen molar-refractivity contribution < 1.29 is 17.9 Å². The fourth-order valence-corrected chi connectivity index (χ4v) is 3.23. The summed E-state index contributed by atoms with van der Waals surface area (Å²) in [7, 11) is -3.60. The molecular weight excluding hydrogens is 278 g/mol. The van der Waals surface area contributed by atoms with Crippen LogP contribution in [0.1, 0.15) is 18.2 Å². The molecule has 0 spiro atoms. The molecule has 0 radical (unpaired) electrons. The Morgan fingerprint density at radius 2 is 2.10 bits per heavy atom. The summed E-state index contributed by atoms with van der Waals surface area (Å²) in [5, 5.41) is 9.05. The van der Waals surface area contributed by atoms with Crippen LogP contribution in [-0.4, -0.2) is 19.6 Å². The van der Waals surface area contributed by atoms with E-state index >= 15 is 0 Å². The van der Waals surface area contributed by atoms with Crippen LogP contribution in [0.25, 0.3) is 0 Å². The second-order valence-corrected chi connectivity index (χ2v) is 6.33. The number of nitrogens with one attached hydrogen (secondary N) is 1. The monoisotopic (exact) mass is 295 g/mol. The number of aliphatic hydroxyl groups is 1. The molecule has 0 saturated carbocycles. The second-order valence-electron chi connectivity index (χ2n) is 4.61. The van der Waals surface area contributed by atoms with Crippen LogP contribution in [0.3, 0.4) is 0 Å². The Labute approximate surface area is 118 Å². The number of sulfonamides is 1. The zero-order valence-electron chi connectivity index (χ0n) is 11.1. The van der Waals surface area contributed by atoms with Gasteiger partial charge in [-0.05, 0) is 36.8 Å². The summed E-state index contributed by atoms with van der Waals surface area (Å²) in [6, 6.07) is 9.52. The maximum absolute atomic E-state index is 12.2. The predicted octanol–water partition coefficient (Wildman–Crippen LogP) is 1.68. The largest absolute Gasteiger partial charge is 0.469 e. The predicted molar refractivity (Wildman–Crippen MR) is 74.6 cm³/mol. The van der Waals surface area contributed by atoms with Gasteiger partial charge in [0, 0.05) is 12.5 Å². The Bertz CT molecular complexity index is 650. The van der Waals surface area contributed by atoms with Crippen molar-refractivity contribution in [2.75, 3.05) is 0 Å². The van der Waals surface area contributed by atoms with E-state index in [0.29, 0.717) is 12.0 Å². The third-order valence-electron chi connectivity index (χ3n) is 2.84. The molecule has 108 valence electrons. The van der Waals surface area contributed by atoms with E-state index in [4.69, 9.17) is 9.52 Å². The average molecular weight is 295 g/mol. The first-order chi connectivity index (χ1) is 9.51. The van der Waals surface area contributed by atoms with Crippen molar-refractivity contribution in [3.63, 3.8) is 0 Å². The van der Waals surface area contributed by atoms with Crippen molar-refractivity contribution in [2.45, 2.75) is 30.9 Å². The molecule has 2 N–H and O–H groups in total. The molecule has 1 aromatic heterocycles. The van der Waals surface area contributed by atoms with E-state index in [1.165, 1.54) is 12.1 Å². The van der Waals surface area contributed by atoms with E-state index in [0.717, 1.165) is 5.76 Å². The summed E-state index contributed by atoms with van der Waals surface area (Å²) in [4.78, 5) is 0.148. The summed E-state index contributed by atoms with van der Waals surface area (Å²) in [6.45, 7) is 1.58. The normalized spacial score (nSPS) is 13.3. The maximum atomic E-state index is 12.2. The highest BCUT2D eigenvalue weighted by Crippen LogP contribution is 2.13. The Morgan fingerprint density at radius 1 is 1.30 bits per heavy atom. The average Bonchev–Trinajstić information content (AvgIpc) is 2.91. The third-order valence-corrected chi connectivity index (χ3v) is 4.42. The van der Waals surface area contributed by atoms with Gasteiger partial charge in [0.05, 0.1) is 17.8 Å². The Morgan fingerprint density at radius 3 is 2.75 bits per heavy atom. The quantitative estimate of drug-likeness (QED) is 0.850. The fourth-order valence-electron chi connectivity index (χ4n) is 1.92. The van der Waals surface area contributed by atoms with Crippen molar-refractivity contribution in [2.24, 2.45) is 0 Å². The zero-order valence-corrected chi connectivity index (χ0v) is 11.9. The topological polar surface area (TPSA) is 79.5 Å². The first-order valence-corrected chi connectivity index (χ1v) is 7.74. The highest BCUT2D eigenvalue weighted by molar-refractivity contribution is 7.89. The van der Waals surface area contributed by atoms with Crippen LogP contribution in [0.4, 0.5) is 0 Å². The number of rotatable bonds is 6. The van der Waals surface area contributed by atoms with Gasteiger partial charge in [0.2, 0.25) is 10.0 Å². The zero-order chi connectivity index (χ0) is 14.6. The molecule has 0 saturated heterocycles. The van der Waals surface area contributed by atoms with Crippen LogP contribution in [0.2, 0.25) is 0 Å². The minimum absolute atomic E-state index is 0.148. The van der Waals surface area contributed by atoms with Crippen molar-refractivity contribution in [1.29, 1.82) is 0 Å². The lowest BCUT2D eigenvalue weighted by Crippen LogP contribution is -2.34. The standard InChI is InChI=1S/C14H17NO4S/c1-11(8-13-5-3-7-19-13)15-20(17,18)14-6-2-4-12(9-14)10-16/h2-7,9,11,15-16H,8,10H2,1H3. The van der Waals surface area contributed by atoms with Crippen LogP contribution in [0.15, 0.2) is 52.0 Å². The second kappa shape index (κ2) is 6.21. The molecule has 2 rings (SSSR count). The molecule has 0 aliphatic heterocycles. The molecule has 1 unspecified atom stereocenters. The van der Waals surface area contributed by atoms with Gasteiger partial charge in [0.25, 0.3) is 0 Å². The molecule has 0 aliphatic rings. The van der Waals surface area contributed by atoms with E-state index < -0.39 is 10.0 Å². The van der Waals surface area contributed by atoms with Crippen molar-refractivity contribution in [3.05, 3.63) is 54.0 Å². The third kappa shape index (κ3) is 3.69. The molecule has 0 fully saturated rings. The highest BCUT2D eigenvalue weighted by atomic mass is 32.2. The van der Waals surface area contributed by atoms with Crippen molar-refractivity contribution >= 4 is 10.0 Å². The molecule has 6 heteroatoms. The van der Waals surface area contributed by atoms with Gasteiger partial charge >= 0.3 is 0 Å². The Balaban J connectivity index is 2.10. The molecule has 20 heavy (non-hydrogen) atoms. The van der Waals surface area contributed by atoms with Gasteiger partial charge in [0.15, 0.2) is 0 Å². The number of furan rings is 1. The minimum Gasteiger partial charge on any atom is -0.469 e. The molecule has 0 aliphatic carbocycles. The lowest BCUT2D eigenvalue weighted by Gasteiger charge is -2.13.